The van der Waals surface area contributed by atoms with E-state index in [-0.39, 0.29) is 29.9 Å². The van der Waals surface area contributed by atoms with Crippen LogP contribution in [0.1, 0.15) is 12.8 Å². The largest absolute Gasteiger partial charge is 0.416 e. The van der Waals surface area contributed by atoms with E-state index in [1.54, 1.807) is 0 Å². The van der Waals surface area contributed by atoms with Crippen LogP contribution >= 0.6 is 35.7 Å². The number of rotatable bonds is 4. The summed E-state index contributed by atoms with van der Waals surface area (Å²) in [5.41, 5.74) is 0. The van der Waals surface area contributed by atoms with Crippen LogP contribution in [0.3, 0.4) is 0 Å². The molecule has 4 nitrogen and oxygen atoms in total. The minimum absolute atomic E-state index is 0. The third-order valence-corrected chi connectivity index (χ3v) is 3.98. The van der Waals surface area contributed by atoms with E-state index in [4.69, 9.17) is 5.11 Å². The van der Waals surface area contributed by atoms with Crippen molar-refractivity contribution in [2.24, 2.45) is 4.99 Å². The van der Waals surface area contributed by atoms with Crippen molar-refractivity contribution >= 4 is 41.7 Å². The molecule has 0 spiro atoms. The van der Waals surface area contributed by atoms with Crippen LogP contribution in [0.4, 0.5) is 13.2 Å². The van der Waals surface area contributed by atoms with Crippen molar-refractivity contribution in [2.45, 2.75) is 30.4 Å². The minimum Gasteiger partial charge on any atom is -0.382 e. The number of alkyl halides is 3. The molecule has 1 rings (SSSR count). The van der Waals surface area contributed by atoms with Crippen molar-refractivity contribution in [1.29, 1.82) is 0 Å². The second-order valence-electron chi connectivity index (χ2n) is 4.03. The molecule has 0 saturated carbocycles. The van der Waals surface area contributed by atoms with Crippen LogP contribution in [-0.2, 0) is 0 Å². The SMILES string of the molecule is CN=C(NCC1CCCS1)NCC(O)C(F)(F)F.I. The zero-order valence-corrected chi connectivity index (χ0v) is 13.7. The average molecular weight is 413 g/mol. The van der Waals surface area contributed by atoms with E-state index >= 15 is 0 Å². The molecule has 0 aromatic rings. The Labute approximate surface area is 132 Å². The highest BCUT2D eigenvalue weighted by Crippen LogP contribution is 2.25. The van der Waals surface area contributed by atoms with Crippen molar-refractivity contribution in [1.82, 2.24) is 10.6 Å². The fourth-order valence-corrected chi connectivity index (χ4v) is 2.75. The van der Waals surface area contributed by atoms with Gasteiger partial charge in [0.1, 0.15) is 0 Å². The molecule has 0 aromatic heterocycles. The zero-order chi connectivity index (χ0) is 13.6. The highest BCUT2D eigenvalue weighted by atomic mass is 127. The predicted molar refractivity (Wildman–Crippen MR) is 82.3 cm³/mol. The summed E-state index contributed by atoms with van der Waals surface area (Å²) in [6.07, 6.45) is -4.69. The van der Waals surface area contributed by atoms with Gasteiger partial charge in [-0.1, -0.05) is 0 Å². The van der Waals surface area contributed by atoms with Crippen LogP contribution in [-0.4, -0.2) is 54.5 Å². The molecule has 0 amide bonds. The first-order valence-electron chi connectivity index (χ1n) is 5.74. The van der Waals surface area contributed by atoms with Crippen LogP contribution in [0, 0.1) is 0 Å². The number of thioether (sulfide) groups is 1. The standard InChI is InChI=1S/C10H18F3N3OS.HI/c1-14-9(15-5-7-3-2-4-18-7)16-6-8(17)10(11,12)13;/h7-8,17H,2-6H2,1H3,(H2,14,15,16);1H. The Morgan fingerprint density at radius 1 is 1.47 bits per heavy atom. The minimum atomic E-state index is -4.60. The van der Waals surface area contributed by atoms with Gasteiger partial charge in [0.15, 0.2) is 12.1 Å². The quantitative estimate of drug-likeness (QED) is 0.372. The molecular weight excluding hydrogens is 394 g/mol. The van der Waals surface area contributed by atoms with Crippen molar-refractivity contribution in [2.75, 3.05) is 25.9 Å². The summed E-state index contributed by atoms with van der Waals surface area (Å²) in [4.78, 5) is 3.81. The molecule has 1 heterocycles. The van der Waals surface area contributed by atoms with Gasteiger partial charge in [-0.15, -0.1) is 24.0 Å². The zero-order valence-electron chi connectivity index (χ0n) is 10.5. The molecule has 1 fully saturated rings. The van der Waals surface area contributed by atoms with Crippen LogP contribution in [0.2, 0.25) is 0 Å². The highest BCUT2D eigenvalue weighted by molar-refractivity contribution is 14.0. The Morgan fingerprint density at radius 2 is 2.16 bits per heavy atom. The number of guanidine groups is 1. The number of aliphatic hydroxyl groups excluding tert-OH is 1. The number of hydrogen-bond donors (Lipinski definition) is 3. The van der Waals surface area contributed by atoms with E-state index in [2.05, 4.69) is 15.6 Å². The third-order valence-electron chi connectivity index (χ3n) is 2.59. The third kappa shape index (κ3) is 7.45. The van der Waals surface area contributed by atoms with Gasteiger partial charge in [0, 0.05) is 18.8 Å². The fourth-order valence-electron chi connectivity index (χ4n) is 1.55. The Kier molecular flexibility index (Phi) is 9.16. The number of aliphatic imine (C=N–C) groups is 1. The topological polar surface area (TPSA) is 56.7 Å². The Balaban J connectivity index is 0.00000324. The Bertz CT molecular complexity index is 286. The number of hydrogen-bond acceptors (Lipinski definition) is 3. The number of aliphatic hydroxyl groups is 1. The lowest BCUT2D eigenvalue weighted by molar-refractivity contribution is -0.201. The second kappa shape index (κ2) is 9.11. The van der Waals surface area contributed by atoms with Gasteiger partial charge >= 0.3 is 6.18 Å². The molecule has 19 heavy (non-hydrogen) atoms. The van der Waals surface area contributed by atoms with Crippen LogP contribution in [0.25, 0.3) is 0 Å². The van der Waals surface area contributed by atoms with Gasteiger partial charge in [0.2, 0.25) is 0 Å². The van der Waals surface area contributed by atoms with Crippen molar-refractivity contribution in [3.05, 3.63) is 0 Å². The first kappa shape index (κ1) is 19.1. The van der Waals surface area contributed by atoms with Gasteiger partial charge < -0.3 is 15.7 Å². The van der Waals surface area contributed by atoms with Gasteiger partial charge in [0.25, 0.3) is 0 Å². The Hall–Kier alpha value is 0.1000. The summed E-state index contributed by atoms with van der Waals surface area (Å²) in [6.45, 7) is 0.0768. The lowest BCUT2D eigenvalue weighted by Crippen LogP contribution is -2.46. The van der Waals surface area contributed by atoms with E-state index in [9.17, 15) is 13.2 Å². The molecule has 1 aliphatic heterocycles. The first-order chi connectivity index (χ1) is 8.43. The van der Waals surface area contributed by atoms with Crippen molar-refractivity contribution < 1.29 is 18.3 Å². The summed E-state index contributed by atoms with van der Waals surface area (Å²) in [5.74, 6) is 1.41. The van der Waals surface area contributed by atoms with Crippen LogP contribution < -0.4 is 10.6 Å². The number of nitrogens with zero attached hydrogens (tertiary/aromatic N) is 1. The second-order valence-corrected chi connectivity index (χ2v) is 5.43. The molecule has 114 valence electrons. The first-order valence-corrected chi connectivity index (χ1v) is 6.79. The Morgan fingerprint density at radius 3 is 2.63 bits per heavy atom. The lowest BCUT2D eigenvalue weighted by Gasteiger charge is -2.18. The summed E-state index contributed by atoms with van der Waals surface area (Å²) in [5, 5.41) is 14.7. The maximum Gasteiger partial charge on any atom is 0.416 e. The maximum absolute atomic E-state index is 12.1. The van der Waals surface area contributed by atoms with Crippen molar-refractivity contribution in [3.63, 3.8) is 0 Å². The maximum atomic E-state index is 12.1. The molecule has 0 aliphatic carbocycles. The van der Waals surface area contributed by atoms with Gasteiger partial charge in [-0.2, -0.15) is 24.9 Å². The molecule has 9 heteroatoms. The van der Waals surface area contributed by atoms with E-state index < -0.39 is 18.8 Å². The van der Waals surface area contributed by atoms with E-state index in [0.29, 0.717) is 11.8 Å². The molecular formula is C10H19F3IN3OS. The summed E-state index contributed by atoms with van der Waals surface area (Å²) in [6, 6.07) is 0. The summed E-state index contributed by atoms with van der Waals surface area (Å²) < 4.78 is 36.2. The summed E-state index contributed by atoms with van der Waals surface area (Å²) >= 11 is 1.85. The molecule has 0 aromatic carbocycles. The smallest absolute Gasteiger partial charge is 0.382 e. The van der Waals surface area contributed by atoms with Crippen LogP contribution in [0.15, 0.2) is 4.99 Å². The summed E-state index contributed by atoms with van der Waals surface area (Å²) in [7, 11) is 1.48. The van der Waals surface area contributed by atoms with Gasteiger partial charge in [-0.05, 0) is 18.6 Å². The van der Waals surface area contributed by atoms with E-state index in [0.717, 1.165) is 12.2 Å². The normalized spacial score (nSPS) is 21.7. The average Bonchev–Trinajstić information content (AvgIpc) is 2.80. The van der Waals surface area contributed by atoms with E-state index in [1.807, 2.05) is 11.8 Å². The molecule has 0 radical (unpaired) electrons. The molecule has 1 saturated heterocycles. The highest BCUT2D eigenvalue weighted by Gasteiger charge is 2.38. The van der Waals surface area contributed by atoms with Gasteiger partial charge in [-0.3, -0.25) is 4.99 Å². The number of nitrogens with one attached hydrogen (secondary N) is 2. The molecule has 0 bridgehead atoms. The molecule has 1 aliphatic rings. The predicted octanol–water partition coefficient (Wildman–Crippen LogP) is 1.59. The molecule has 3 N–H and O–H groups in total. The lowest BCUT2D eigenvalue weighted by atomic mass is 10.2. The van der Waals surface area contributed by atoms with Gasteiger partial charge in [0.05, 0.1) is 6.54 Å². The van der Waals surface area contributed by atoms with Gasteiger partial charge in [-0.25, -0.2) is 0 Å². The monoisotopic (exact) mass is 413 g/mol. The fraction of sp³-hybridized carbons (Fsp3) is 0.900. The van der Waals surface area contributed by atoms with Crippen LogP contribution in [0.5, 0.6) is 0 Å². The van der Waals surface area contributed by atoms with Crippen molar-refractivity contribution in [3.8, 4) is 0 Å². The molecule has 2 unspecified atom stereocenters. The molecule has 2 atom stereocenters. The number of halogens is 4. The van der Waals surface area contributed by atoms with E-state index in [1.165, 1.54) is 13.5 Å².